The van der Waals surface area contributed by atoms with E-state index in [9.17, 15) is 14.5 Å². The van der Waals surface area contributed by atoms with Gasteiger partial charge in [-0.3, -0.25) is 9.32 Å². The number of hydrogen-bond donors (Lipinski definition) is 3. The van der Waals surface area contributed by atoms with E-state index in [4.69, 9.17) is 19.3 Å². The predicted octanol–water partition coefficient (Wildman–Crippen LogP) is 4.02. The van der Waals surface area contributed by atoms with Gasteiger partial charge in [0.25, 0.3) is 0 Å². The van der Waals surface area contributed by atoms with Crippen LogP contribution in [0.1, 0.15) is 84.0 Å². The SMILES string of the molecule is CCCCCC1OC1C/C=C\CCCCCCCC(=O)OCC(O)COP(=O)(O)O. The highest BCUT2D eigenvalue weighted by Crippen LogP contribution is 2.35. The van der Waals surface area contributed by atoms with E-state index in [-0.39, 0.29) is 13.0 Å². The van der Waals surface area contributed by atoms with Crippen LogP contribution in [-0.2, 0) is 23.4 Å². The van der Waals surface area contributed by atoms with E-state index in [0.717, 1.165) is 44.9 Å². The van der Waals surface area contributed by atoms with Crippen molar-refractivity contribution in [3.05, 3.63) is 12.2 Å². The van der Waals surface area contributed by atoms with E-state index in [1.54, 1.807) is 0 Å². The van der Waals surface area contributed by atoms with Gasteiger partial charge in [-0.2, -0.15) is 0 Å². The first kappa shape index (κ1) is 27.3. The molecule has 3 unspecified atom stereocenters. The molecular formula is C21H39O8P. The predicted molar refractivity (Wildman–Crippen MR) is 114 cm³/mol. The lowest BCUT2D eigenvalue weighted by Crippen LogP contribution is -2.23. The van der Waals surface area contributed by atoms with E-state index in [2.05, 4.69) is 23.6 Å². The topological polar surface area (TPSA) is 126 Å². The molecule has 0 bridgehead atoms. The lowest BCUT2D eigenvalue weighted by atomic mass is 10.1. The molecule has 1 rings (SSSR count). The molecule has 0 aromatic rings. The van der Waals surface area contributed by atoms with Gasteiger partial charge >= 0.3 is 13.8 Å². The number of epoxide rings is 1. The average Bonchev–Trinajstić information content (AvgIpc) is 3.44. The van der Waals surface area contributed by atoms with Crippen LogP contribution >= 0.6 is 7.82 Å². The van der Waals surface area contributed by atoms with E-state index in [1.165, 1.54) is 25.7 Å². The van der Waals surface area contributed by atoms with Gasteiger partial charge in [0, 0.05) is 6.42 Å². The van der Waals surface area contributed by atoms with Crippen molar-refractivity contribution in [1.82, 2.24) is 0 Å². The maximum absolute atomic E-state index is 11.6. The van der Waals surface area contributed by atoms with Crippen molar-refractivity contribution in [3.8, 4) is 0 Å². The Morgan fingerprint density at radius 2 is 1.77 bits per heavy atom. The number of unbranched alkanes of at least 4 members (excludes halogenated alkanes) is 7. The van der Waals surface area contributed by atoms with Gasteiger partial charge in [0.1, 0.15) is 12.7 Å². The van der Waals surface area contributed by atoms with Gasteiger partial charge < -0.3 is 24.4 Å². The van der Waals surface area contributed by atoms with E-state index in [0.29, 0.717) is 12.2 Å². The molecule has 0 aromatic carbocycles. The summed E-state index contributed by atoms with van der Waals surface area (Å²) in [6.45, 7) is 1.30. The van der Waals surface area contributed by atoms with Crippen LogP contribution in [-0.4, -0.2) is 52.4 Å². The quantitative estimate of drug-likeness (QED) is 0.0885. The number of aliphatic hydroxyl groups excluding tert-OH is 1. The van der Waals surface area contributed by atoms with Crippen LogP contribution in [0.4, 0.5) is 0 Å². The Kier molecular flexibility index (Phi) is 14.5. The van der Waals surface area contributed by atoms with Gasteiger partial charge in [-0.15, -0.1) is 0 Å². The summed E-state index contributed by atoms with van der Waals surface area (Å²) in [5.41, 5.74) is 0. The third kappa shape index (κ3) is 16.0. The third-order valence-corrected chi connectivity index (χ3v) is 5.42. The number of allylic oxidation sites excluding steroid dienone is 1. The third-order valence-electron chi connectivity index (χ3n) is 4.94. The number of phosphoric acid groups is 1. The second-order valence-corrected chi connectivity index (χ2v) is 9.08. The lowest BCUT2D eigenvalue weighted by Gasteiger charge is -2.12. The molecule has 1 heterocycles. The second kappa shape index (κ2) is 16.0. The summed E-state index contributed by atoms with van der Waals surface area (Å²) in [6, 6.07) is 0. The fourth-order valence-corrected chi connectivity index (χ4v) is 3.50. The summed E-state index contributed by atoms with van der Waals surface area (Å²) in [7, 11) is -4.62. The fourth-order valence-electron chi connectivity index (χ4n) is 3.14. The minimum atomic E-state index is -4.62. The van der Waals surface area contributed by atoms with Crippen molar-refractivity contribution in [3.63, 3.8) is 0 Å². The van der Waals surface area contributed by atoms with Crippen molar-refractivity contribution in [1.29, 1.82) is 0 Å². The standard InChI is InChI=1S/C21H39O8P/c1-2-3-10-13-19-20(29-19)14-11-8-6-4-5-7-9-12-15-21(23)27-16-18(22)17-28-30(24,25)26/h8,11,18-20,22H,2-7,9-10,12-17H2,1H3,(H2,24,25,26)/b11-8-. The van der Waals surface area contributed by atoms with Crippen molar-refractivity contribution >= 4 is 13.8 Å². The normalized spacial score (nSPS) is 19.9. The van der Waals surface area contributed by atoms with Crippen molar-refractivity contribution in [2.45, 2.75) is 102 Å². The lowest BCUT2D eigenvalue weighted by molar-refractivity contribution is -0.147. The van der Waals surface area contributed by atoms with Crippen LogP contribution in [0.15, 0.2) is 12.2 Å². The Labute approximate surface area is 180 Å². The number of carbonyl (C=O) groups excluding carboxylic acids is 1. The van der Waals surface area contributed by atoms with Gasteiger partial charge in [0.2, 0.25) is 0 Å². The molecular weight excluding hydrogens is 411 g/mol. The first-order valence-corrected chi connectivity index (χ1v) is 12.7. The van der Waals surface area contributed by atoms with Crippen LogP contribution < -0.4 is 0 Å². The smallest absolute Gasteiger partial charge is 0.463 e. The van der Waals surface area contributed by atoms with Crippen LogP contribution in [0, 0.1) is 0 Å². The van der Waals surface area contributed by atoms with Crippen LogP contribution in [0.2, 0.25) is 0 Å². The molecule has 8 nitrogen and oxygen atoms in total. The molecule has 3 atom stereocenters. The molecule has 0 amide bonds. The number of phosphoric ester groups is 1. The largest absolute Gasteiger partial charge is 0.469 e. The zero-order valence-corrected chi connectivity index (χ0v) is 19.0. The van der Waals surface area contributed by atoms with Crippen LogP contribution in [0.5, 0.6) is 0 Å². The van der Waals surface area contributed by atoms with E-state index >= 15 is 0 Å². The molecule has 0 aliphatic carbocycles. The second-order valence-electron chi connectivity index (χ2n) is 7.85. The number of rotatable bonds is 19. The Balaban J connectivity index is 1.86. The van der Waals surface area contributed by atoms with Gasteiger partial charge in [0.05, 0.1) is 18.8 Å². The Morgan fingerprint density at radius 1 is 1.03 bits per heavy atom. The average molecular weight is 451 g/mol. The Hall–Kier alpha value is -0.760. The fraction of sp³-hybridized carbons (Fsp3) is 0.857. The Morgan fingerprint density at radius 3 is 2.50 bits per heavy atom. The molecule has 0 aromatic heterocycles. The Bertz CT molecular complexity index is 533. The maximum atomic E-state index is 11.6. The van der Waals surface area contributed by atoms with Crippen molar-refractivity contribution < 1.29 is 38.3 Å². The van der Waals surface area contributed by atoms with Crippen LogP contribution in [0.25, 0.3) is 0 Å². The van der Waals surface area contributed by atoms with Gasteiger partial charge in [-0.05, 0) is 32.1 Å². The molecule has 1 saturated heterocycles. The summed E-state index contributed by atoms with van der Waals surface area (Å²) in [5, 5.41) is 9.42. The maximum Gasteiger partial charge on any atom is 0.469 e. The summed E-state index contributed by atoms with van der Waals surface area (Å²) in [4.78, 5) is 28.6. The molecule has 3 N–H and O–H groups in total. The monoisotopic (exact) mass is 450 g/mol. The summed E-state index contributed by atoms with van der Waals surface area (Å²) >= 11 is 0. The van der Waals surface area contributed by atoms with Crippen LogP contribution in [0.3, 0.4) is 0 Å². The molecule has 0 radical (unpaired) electrons. The molecule has 9 heteroatoms. The number of ether oxygens (including phenoxy) is 2. The highest BCUT2D eigenvalue weighted by atomic mass is 31.2. The summed E-state index contributed by atoms with van der Waals surface area (Å²) in [6.07, 6.45) is 16.5. The molecule has 1 fully saturated rings. The highest BCUT2D eigenvalue weighted by Gasteiger charge is 2.36. The van der Waals surface area contributed by atoms with E-state index in [1.807, 2.05) is 0 Å². The number of carbonyl (C=O) groups is 1. The molecule has 176 valence electrons. The summed E-state index contributed by atoms with van der Waals surface area (Å²) < 4.78 is 25.2. The van der Waals surface area contributed by atoms with Crippen molar-refractivity contribution in [2.75, 3.05) is 13.2 Å². The number of aliphatic hydroxyl groups is 1. The highest BCUT2D eigenvalue weighted by molar-refractivity contribution is 7.46. The first-order chi connectivity index (χ1) is 14.3. The van der Waals surface area contributed by atoms with E-state index < -0.39 is 26.5 Å². The molecule has 30 heavy (non-hydrogen) atoms. The molecule has 0 spiro atoms. The van der Waals surface area contributed by atoms with Gasteiger partial charge in [-0.1, -0.05) is 57.6 Å². The summed E-state index contributed by atoms with van der Waals surface area (Å²) in [5.74, 6) is -0.427. The number of hydrogen-bond acceptors (Lipinski definition) is 6. The van der Waals surface area contributed by atoms with Gasteiger partial charge in [-0.25, -0.2) is 4.57 Å². The molecule has 0 saturated carbocycles. The zero-order chi connectivity index (χ0) is 22.2. The van der Waals surface area contributed by atoms with Crippen molar-refractivity contribution in [2.24, 2.45) is 0 Å². The number of esters is 1. The molecule has 1 aliphatic heterocycles. The minimum Gasteiger partial charge on any atom is -0.463 e. The molecule has 1 aliphatic rings. The van der Waals surface area contributed by atoms with Gasteiger partial charge in [0.15, 0.2) is 0 Å². The first-order valence-electron chi connectivity index (χ1n) is 11.2. The zero-order valence-electron chi connectivity index (χ0n) is 18.1. The minimum absolute atomic E-state index is 0.271.